The van der Waals surface area contributed by atoms with Crippen LogP contribution in [0, 0.1) is 0 Å². The van der Waals surface area contributed by atoms with Crippen LogP contribution in [0.3, 0.4) is 0 Å². The minimum atomic E-state index is 0.381. The van der Waals surface area contributed by atoms with Gasteiger partial charge in [0, 0.05) is 18.1 Å². The first-order valence-electron chi connectivity index (χ1n) is 7.07. The molecule has 98 valence electrons. The zero-order valence-electron chi connectivity index (χ0n) is 10.8. The number of aromatic hydroxyl groups is 1. The normalized spacial score (nSPS) is 28.1. The summed E-state index contributed by atoms with van der Waals surface area (Å²) >= 11 is 0. The van der Waals surface area contributed by atoms with Crippen molar-refractivity contribution >= 4 is 5.69 Å². The lowest BCUT2D eigenvalue weighted by molar-refractivity contribution is 0.370. The van der Waals surface area contributed by atoms with E-state index in [1.807, 2.05) is 18.2 Å². The second-order valence-electron chi connectivity index (χ2n) is 5.70. The summed E-state index contributed by atoms with van der Waals surface area (Å²) in [5.41, 5.74) is 7.00. The van der Waals surface area contributed by atoms with Gasteiger partial charge in [0.15, 0.2) is 0 Å². The number of para-hydroxylation sites is 2. The van der Waals surface area contributed by atoms with Gasteiger partial charge < -0.3 is 15.7 Å². The topological polar surface area (TPSA) is 49.5 Å². The Morgan fingerprint density at radius 3 is 2.06 bits per heavy atom. The zero-order valence-corrected chi connectivity index (χ0v) is 10.8. The van der Waals surface area contributed by atoms with Crippen molar-refractivity contribution in [1.82, 2.24) is 0 Å². The van der Waals surface area contributed by atoms with E-state index in [-0.39, 0.29) is 0 Å². The van der Waals surface area contributed by atoms with Crippen molar-refractivity contribution in [2.24, 2.45) is 5.73 Å². The molecule has 0 aliphatic heterocycles. The summed E-state index contributed by atoms with van der Waals surface area (Å²) in [6, 6.07) is 9.32. The molecule has 3 heteroatoms. The number of nitrogens with zero attached hydrogens (tertiary/aromatic N) is 1. The SMILES string of the molecule is NC1CCC(N(c2ccccc2O)C2CC2)CC1. The lowest BCUT2D eigenvalue weighted by atomic mass is 9.90. The fourth-order valence-electron chi connectivity index (χ4n) is 3.11. The van der Waals surface area contributed by atoms with E-state index >= 15 is 0 Å². The summed E-state index contributed by atoms with van der Waals surface area (Å²) in [7, 11) is 0. The van der Waals surface area contributed by atoms with Gasteiger partial charge in [0.1, 0.15) is 5.75 Å². The summed E-state index contributed by atoms with van der Waals surface area (Å²) in [5.74, 6) is 0.416. The highest BCUT2D eigenvalue weighted by atomic mass is 16.3. The Bertz CT molecular complexity index is 409. The van der Waals surface area contributed by atoms with Crippen molar-refractivity contribution in [3.05, 3.63) is 24.3 Å². The molecule has 0 bridgehead atoms. The molecule has 3 rings (SSSR count). The smallest absolute Gasteiger partial charge is 0.138 e. The first kappa shape index (κ1) is 11.8. The largest absolute Gasteiger partial charge is 0.506 e. The van der Waals surface area contributed by atoms with Crippen molar-refractivity contribution in [1.29, 1.82) is 0 Å². The molecule has 2 saturated carbocycles. The average Bonchev–Trinajstić information content (AvgIpc) is 3.19. The van der Waals surface area contributed by atoms with Gasteiger partial charge in [0.25, 0.3) is 0 Å². The molecule has 0 atom stereocenters. The van der Waals surface area contributed by atoms with Crippen LogP contribution in [0.5, 0.6) is 5.75 Å². The predicted octanol–water partition coefficient (Wildman–Crippen LogP) is 2.63. The lowest BCUT2D eigenvalue weighted by Crippen LogP contribution is -2.42. The van der Waals surface area contributed by atoms with Crippen LogP contribution in [0.15, 0.2) is 24.3 Å². The fourth-order valence-corrected chi connectivity index (χ4v) is 3.11. The highest BCUT2D eigenvalue weighted by Crippen LogP contribution is 2.40. The number of benzene rings is 1. The van der Waals surface area contributed by atoms with Crippen molar-refractivity contribution < 1.29 is 5.11 Å². The van der Waals surface area contributed by atoms with Crippen molar-refractivity contribution in [3.63, 3.8) is 0 Å². The molecule has 3 nitrogen and oxygen atoms in total. The molecule has 0 aromatic heterocycles. The minimum absolute atomic E-state index is 0.381. The molecule has 0 amide bonds. The summed E-state index contributed by atoms with van der Waals surface area (Å²) in [4.78, 5) is 2.46. The van der Waals surface area contributed by atoms with Crippen LogP contribution in [-0.4, -0.2) is 23.2 Å². The van der Waals surface area contributed by atoms with E-state index in [4.69, 9.17) is 5.73 Å². The van der Waals surface area contributed by atoms with Gasteiger partial charge in [0.2, 0.25) is 0 Å². The molecular weight excluding hydrogens is 224 g/mol. The number of hydrogen-bond donors (Lipinski definition) is 2. The van der Waals surface area contributed by atoms with Gasteiger partial charge in [-0.05, 0) is 50.7 Å². The average molecular weight is 246 g/mol. The molecule has 2 aliphatic rings. The number of nitrogens with two attached hydrogens (primary N) is 1. The highest BCUT2D eigenvalue weighted by molar-refractivity contribution is 5.59. The number of anilines is 1. The van der Waals surface area contributed by atoms with E-state index < -0.39 is 0 Å². The Kier molecular flexibility index (Phi) is 3.16. The monoisotopic (exact) mass is 246 g/mol. The van der Waals surface area contributed by atoms with Gasteiger partial charge in [-0.3, -0.25) is 0 Å². The molecule has 0 unspecified atom stereocenters. The second-order valence-corrected chi connectivity index (χ2v) is 5.70. The van der Waals surface area contributed by atoms with Gasteiger partial charge in [-0.2, -0.15) is 0 Å². The molecular formula is C15H22N2O. The number of phenols is 1. The Labute approximate surface area is 109 Å². The second kappa shape index (κ2) is 4.81. The van der Waals surface area contributed by atoms with E-state index in [2.05, 4.69) is 4.90 Å². The maximum absolute atomic E-state index is 10.1. The molecule has 0 radical (unpaired) electrons. The van der Waals surface area contributed by atoms with Crippen molar-refractivity contribution in [3.8, 4) is 5.75 Å². The molecule has 2 aliphatic carbocycles. The Morgan fingerprint density at radius 1 is 0.944 bits per heavy atom. The third kappa shape index (κ3) is 2.32. The van der Waals surface area contributed by atoms with E-state index in [9.17, 15) is 5.11 Å². The van der Waals surface area contributed by atoms with E-state index in [0.717, 1.165) is 31.4 Å². The van der Waals surface area contributed by atoms with Gasteiger partial charge in [-0.25, -0.2) is 0 Å². The lowest BCUT2D eigenvalue weighted by Gasteiger charge is -2.38. The zero-order chi connectivity index (χ0) is 12.5. The molecule has 18 heavy (non-hydrogen) atoms. The molecule has 0 saturated heterocycles. The maximum atomic E-state index is 10.1. The molecule has 3 N–H and O–H groups in total. The Balaban J connectivity index is 1.82. The summed E-state index contributed by atoms with van der Waals surface area (Å²) in [6.45, 7) is 0. The van der Waals surface area contributed by atoms with Gasteiger partial charge in [-0.1, -0.05) is 12.1 Å². The Hall–Kier alpha value is -1.22. The van der Waals surface area contributed by atoms with Crippen LogP contribution in [0.1, 0.15) is 38.5 Å². The third-order valence-corrected chi connectivity index (χ3v) is 4.23. The van der Waals surface area contributed by atoms with Gasteiger partial charge in [0.05, 0.1) is 5.69 Å². The number of hydrogen-bond acceptors (Lipinski definition) is 3. The maximum Gasteiger partial charge on any atom is 0.138 e. The van der Waals surface area contributed by atoms with Crippen LogP contribution >= 0.6 is 0 Å². The highest BCUT2D eigenvalue weighted by Gasteiger charge is 2.36. The Morgan fingerprint density at radius 2 is 1.50 bits per heavy atom. The molecule has 2 fully saturated rings. The van der Waals surface area contributed by atoms with Gasteiger partial charge >= 0.3 is 0 Å². The van der Waals surface area contributed by atoms with Crippen LogP contribution in [0.2, 0.25) is 0 Å². The van der Waals surface area contributed by atoms with Crippen LogP contribution in [0.25, 0.3) is 0 Å². The molecule has 0 spiro atoms. The molecule has 1 aromatic rings. The first-order chi connectivity index (χ1) is 8.75. The van der Waals surface area contributed by atoms with Crippen LogP contribution < -0.4 is 10.6 Å². The standard InChI is InChI=1S/C15H22N2O/c16-11-5-7-12(8-6-11)17(13-9-10-13)14-3-1-2-4-15(14)18/h1-4,11-13,18H,5-10,16H2. The minimum Gasteiger partial charge on any atom is -0.506 e. The van der Waals surface area contributed by atoms with Crippen molar-refractivity contribution in [2.75, 3.05) is 4.90 Å². The van der Waals surface area contributed by atoms with Crippen molar-refractivity contribution in [2.45, 2.75) is 56.7 Å². The third-order valence-electron chi connectivity index (χ3n) is 4.23. The predicted molar refractivity (Wildman–Crippen MR) is 73.8 cm³/mol. The van der Waals surface area contributed by atoms with Gasteiger partial charge in [-0.15, -0.1) is 0 Å². The van der Waals surface area contributed by atoms with E-state index in [0.29, 0.717) is 23.9 Å². The number of phenolic OH excluding ortho intramolecular Hbond substituents is 1. The number of rotatable bonds is 3. The summed E-state index contributed by atoms with van der Waals surface area (Å²) in [6.07, 6.45) is 7.06. The molecule has 0 heterocycles. The summed E-state index contributed by atoms with van der Waals surface area (Å²) in [5, 5.41) is 10.1. The quantitative estimate of drug-likeness (QED) is 0.862. The van der Waals surface area contributed by atoms with E-state index in [1.165, 1.54) is 12.8 Å². The van der Waals surface area contributed by atoms with E-state index in [1.54, 1.807) is 6.07 Å². The van der Waals surface area contributed by atoms with Crippen LogP contribution in [0.4, 0.5) is 5.69 Å². The van der Waals surface area contributed by atoms with Crippen LogP contribution in [-0.2, 0) is 0 Å². The fraction of sp³-hybridized carbons (Fsp3) is 0.600. The summed E-state index contributed by atoms with van der Waals surface area (Å²) < 4.78 is 0. The molecule has 1 aromatic carbocycles. The first-order valence-corrected chi connectivity index (χ1v) is 7.07.